The highest BCUT2D eigenvalue weighted by molar-refractivity contribution is 7.16. The molecule has 0 aliphatic rings. The molecule has 4 nitrogen and oxygen atoms in total. The Balaban J connectivity index is 1.79. The molecule has 0 aromatic carbocycles. The van der Waals surface area contributed by atoms with E-state index in [0.717, 1.165) is 34.0 Å². The highest BCUT2D eigenvalue weighted by atomic mass is 32.1. The normalized spacial score (nSPS) is 10.9. The fourth-order valence-electron chi connectivity index (χ4n) is 1.83. The summed E-state index contributed by atoms with van der Waals surface area (Å²) in [4.78, 5) is 16.2. The summed E-state index contributed by atoms with van der Waals surface area (Å²) >= 11 is 3.34. The molecule has 0 saturated carbocycles. The van der Waals surface area contributed by atoms with Crippen LogP contribution in [0.2, 0.25) is 0 Å². The van der Waals surface area contributed by atoms with Crippen molar-refractivity contribution < 1.29 is 0 Å². The molecule has 0 aliphatic heterocycles. The third kappa shape index (κ3) is 2.21. The zero-order chi connectivity index (χ0) is 12.4. The van der Waals surface area contributed by atoms with E-state index >= 15 is 0 Å². The fraction of sp³-hybridized carbons (Fsp3) is 0.250. The summed E-state index contributed by atoms with van der Waals surface area (Å²) in [7, 11) is 2.06. The maximum absolute atomic E-state index is 4.38. The van der Waals surface area contributed by atoms with Gasteiger partial charge < -0.3 is 4.90 Å². The second kappa shape index (κ2) is 4.99. The van der Waals surface area contributed by atoms with Crippen LogP contribution in [0.5, 0.6) is 0 Å². The van der Waals surface area contributed by atoms with Crippen LogP contribution in [-0.2, 0) is 6.42 Å². The third-order valence-electron chi connectivity index (χ3n) is 2.75. The molecule has 0 saturated heterocycles. The second-order valence-electron chi connectivity index (χ2n) is 3.93. The molecule has 0 aliphatic carbocycles. The molecule has 3 aromatic rings. The van der Waals surface area contributed by atoms with Crippen molar-refractivity contribution in [1.82, 2.24) is 15.0 Å². The van der Waals surface area contributed by atoms with E-state index < -0.39 is 0 Å². The molecule has 92 valence electrons. The Bertz CT molecular complexity index is 632. The summed E-state index contributed by atoms with van der Waals surface area (Å²) < 4.78 is 0. The molecule has 0 spiro atoms. The van der Waals surface area contributed by atoms with Crippen LogP contribution in [0, 0.1) is 0 Å². The molecule has 0 bridgehead atoms. The van der Waals surface area contributed by atoms with Crippen molar-refractivity contribution in [3.63, 3.8) is 0 Å². The number of aromatic nitrogens is 3. The Hall–Kier alpha value is -1.53. The molecule has 0 atom stereocenters. The summed E-state index contributed by atoms with van der Waals surface area (Å²) in [6, 6.07) is 2.08. The number of hydrogen-bond donors (Lipinski definition) is 0. The van der Waals surface area contributed by atoms with Crippen LogP contribution in [0.1, 0.15) is 5.01 Å². The fourth-order valence-corrected chi connectivity index (χ4v) is 3.16. The van der Waals surface area contributed by atoms with Crippen molar-refractivity contribution in [2.24, 2.45) is 0 Å². The van der Waals surface area contributed by atoms with Crippen molar-refractivity contribution >= 4 is 38.7 Å². The lowest BCUT2D eigenvalue weighted by Crippen LogP contribution is -2.21. The predicted octanol–water partition coefficient (Wildman–Crippen LogP) is 2.83. The zero-order valence-electron chi connectivity index (χ0n) is 9.91. The minimum atomic E-state index is 0.912. The first kappa shape index (κ1) is 11.6. The molecule has 0 unspecified atom stereocenters. The first-order chi connectivity index (χ1) is 8.84. The Morgan fingerprint density at radius 1 is 1.17 bits per heavy atom. The van der Waals surface area contributed by atoms with Crippen LogP contribution < -0.4 is 4.90 Å². The first-order valence-electron chi connectivity index (χ1n) is 5.62. The predicted molar refractivity (Wildman–Crippen MR) is 76.5 cm³/mol. The first-order valence-corrected chi connectivity index (χ1v) is 7.38. The lowest BCUT2D eigenvalue weighted by molar-refractivity contribution is 0.856. The highest BCUT2D eigenvalue weighted by Crippen LogP contribution is 2.26. The van der Waals surface area contributed by atoms with Crippen molar-refractivity contribution in [2.75, 3.05) is 18.5 Å². The molecule has 3 aromatic heterocycles. The number of hydrogen-bond acceptors (Lipinski definition) is 6. The van der Waals surface area contributed by atoms with Crippen LogP contribution in [-0.4, -0.2) is 28.5 Å². The van der Waals surface area contributed by atoms with E-state index in [4.69, 9.17) is 0 Å². The summed E-state index contributed by atoms with van der Waals surface area (Å²) in [5.74, 6) is 0.998. The molecular weight excluding hydrogens is 264 g/mol. The number of rotatable bonds is 4. The molecule has 18 heavy (non-hydrogen) atoms. The van der Waals surface area contributed by atoms with Gasteiger partial charge in [0.05, 0.1) is 10.4 Å². The Labute approximate surface area is 113 Å². The minimum absolute atomic E-state index is 0.912. The molecule has 0 fully saturated rings. The lowest BCUT2D eigenvalue weighted by atomic mass is 10.3. The monoisotopic (exact) mass is 276 g/mol. The van der Waals surface area contributed by atoms with Crippen molar-refractivity contribution in [1.29, 1.82) is 0 Å². The maximum atomic E-state index is 4.38. The largest absolute Gasteiger partial charge is 0.359 e. The van der Waals surface area contributed by atoms with Gasteiger partial charge in [-0.1, -0.05) is 0 Å². The SMILES string of the molecule is CN(CCc1nccs1)c1ncnc2sccc12. The van der Waals surface area contributed by atoms with Gasteiger partial charge in [0.15, 0.2) is 0 Å². The minimum Gasteiger partial charge on any atom is -0.359 e. The van der Waals surface area contributed by atoms with E-state index in [-0.39, 0.29) is 0 Å². The summed E-state index contributed by atoms with van der Waals surface area (Å²) in [5, 5.41) is 6.36. The maximum Gasteiger partial charge on any atom is 0.140 e. The highest BCUT2D eigenvalue weighted by Gasteiger charge is 2.09. The third-order valence-corrected chi connectivity index (χ3v) is 4.41. The molecule has 0 N–H and O–H groups in total. The molecule has 3 rings (SSSR count). The van der Waals surface area contributed by atoms with Gasteiger partial charge in [-0.3, -0.25) is 0 Å². The van der Waals surface area contributed by atoms with Gasteiger partial charge in [-0.05, 0) is 11.4 Å². The Kier molecular flexibility index (Phi) is 3.21. The van der Waals surface area contributed by atoms with E-state index in [0.29, 0.717) is 0 Å². The van der Waals surface area contributed by atoms with E-state index in [1.807, 2.05) is 11.6 Å². The second-order valence-corrected chi connectivity index (χ2v) is 5.81. The standard InChI is InChI=1S/C12H12N4S2/c1-16(5-2-10-13-4-7-17-10)11-9-3-6-18-12(9)15-8-14-11/h3-4,6-8H,2,5H2,1H3. The molecule has 3 heterocycles. The van der Waals surface area contributed by atoms with Gasteiger partial charge >= 0.3 is 0 Å². The zero-order valence-corrected chi connectivity index (χ0v) is 11.5. The Morgan fingerprint density at radius 2 is 2.11 bits per heavy atom. The van der Waals surface area contributed by atoms with Crippen molar-refractivity contribution in [2.45, 2.75) is 6.42 Å². The number of nitrogens with zero attached hydrogens (tertiary/aromatic N) is 4. The summed E-state index contributed by atoms with van der Waals surface area (Å²) in [6.07, 6.45) is 4.43. The summed E-state index contributed by atoms with van der Waals surface area (Å²) in [6.45, 7) is 0.912. The van der Waals surface area contributed by atoms with Gasteiger partial charge in [-0.15, -0.1) is 22.7 Å². The number of fused-ring (bicyclic) bond motifs is 1. The number of likely N-dealkylation sites (N-methyl/N-ethyl adjacent to an activating group) is 1. The van der Waals surface area contributed by atoms with Gasteiger partial charge in [0, 0.05) is 31.6 Å². The average Bonchev–Trinajstić information content (AvgIpc) is 3.05. The number of thiophene rings is 1. The van der Waals surface area contributed by atoms with Gasteiger partial charge in [0.2, 0.25) is 0 Å². The van der Waals surface area contributed by atoms with Crippen LogP contribution in [0.4, 0.5) is 5.82 Å². The van der Waals surface area contributed by atoms with Crippen molar-refractivity contribution in [3.8, 4) is 0 Å². The van der Waals surface area contributed by atoms with Crippen molar-refractivity contribution in [3.05, 3.63) is 34.4 Å². The molecular formula is C12H12N4S2. The van der Waals surface area contributed by atoms with E-state index in [1.54, 1.807) is 29.0 Å². The topological polar surface area (TPSA) is 41.9 Å². The quantitative estimate of drug-likeness (QED) is 0.735. The average molecular weight is 276 g/mol. The van der Waals surface area contributed by atoms with Gasteiger partial charge in [0.1, 0.15) is 17.0 Å². The number of thiazole rings is 1. The van der Waals surface area contributed by atoms with Crippen LogP contribution in [0.25, 0.3) is 10.2 Å². The molecule has 0 radical (unpaired) electrons. The van der Waals surface area contributed by atoms with Crippen LogP contribution in [0.3, 0.4) is 0 Å². The van der Waals surface area contributed by atoms with Gasteiger partial charge in [0.25, 0.3) is 0 Å². The molecule has 6 heteroatoms. The van der Waals surface area contributed by atoms with Gasteiger partial charge in [-0.2, -0.15) is 0 Å². The Morgan fingerprint density at radius 3 is 2.94 bits per heavy atom. The summed E-state index contributed by atoms with van der Waals surface area (Å²) in [5.41, 5.74) is 0. The smallest absolute Gasteiger partial charge is 0.140 e. The van der Waals surface area contributed by atoms with Gasteiger partial charge in [-0.25, -0.2) is 15.0 Å². The van der Waals surface area contributed by atoms with E-state index in [9.17, 15) is 0 Å². The molecule has 0 amide bonds. The lowest BCUT2D eigenvalue weighted by Gasteiger charge is -2.17. The number of anilines is 1. The van der Waals surface area contributed by atoms with Crippen LogP contribution in [0.15, 0.2) is 29.4 Å². The van der Waals surface area contributed by atoms with E-state index in [2.05, 4.69) is 38.3 Å². The van der Waals surface area contributed by atoms with Crippen LogP contribution >= 0.6 is 22.7 Å². The van der Waals surface area contributed by atoms with E-state index in [1.165, 1.54) is 0 Å².